The second kappa shape index (κ2) is 5.55. The molecule has 88 valence electrons. The van der Waals surface area contributed by atoms with Gasteiger partial charge in [-0.1, -0.05) is 0 Å². The van der Waals surface area contributed by atoms with E-state index in [1.807, 2.05) is 0 Å². The summed E-state index contributed by atoms with van der Waals surface area (Å²) < 4.78 is 5.43. The molecular weight excluding hydrogens is 216 g/mol. The summed E-state index contributed by atoms with van der Waals surface area (Å²) in [4.78, 5) is 16.0. The molecule has 0 bridgehead atoms. The van der Waals surface area contributed by atoms with E-state index in [-0.39, 0.29) is 5.78 Å². The molecule has 2 heterocycles. The van der Waals surface area contributed by atoms with Crippen molar-refractivity contribution in [1.82, 2.24) is 4.98 Å². The summed E-state index contributed by atoms with van der Waals surface area (Å²) >= 11 is 0. The van der Waals surface area contributed by atoms with Crippen LogP contribution in [0.5, 0.6) is 0 Å². The summed E-state index contributed by atoms with van der Waals surface area (Å²) in [6.45, 7) is 0.616. The van der Waals surface area contributed by atoms with Crippen LogP contribution >= 0.6 is 0 Å². The Morgan fingerprint density at radius 2 is 2.24 bits per heavy atom. The molecule has 4 heteroatoms. The molecule has 2 rings (SSSR count). The molecule has 0 amide bonds. The number of aromatic nitrogens is 1. The average molecular weight is 230 g/mol. The van der Waals surface area contributed by atoms with Gasteiger partial charge in [0.2, 0.25) is 0 Å². The van der Waals surface area contributed by atoms with E-state index < -0.39 is 12.0 Å². The van der Waals surface area contributed by atoms with Crippen molar-refractivity contribution in [2.24, 2.45) is 0 Å². The zero-order valence-corrected chi connectivity index (χ0v) is 9.50. The van der Waals surface area contributed by atoms with E-state index in [0.717, 1.165) is 19.3 Å². The molecule has 1 aromatic rings. The van der Waals surface area contributed by atoms with Gasteiger partial charge in [0, 0.05) is 19.0 Å². The van der Waals surface area contributed by atoms with Gasteiger partial charge in [-0.15, -0.1) is 0 Å². The third-order valence-electron chi connectivity index (χ3n) is 2.95. The van der Waals surface area contributed by atoms with Gasteiger partial charge in [0.05, 0.1) is 6.07 Å². The van der Waals surface area contributed by atoms with Gasteiger partial charge < -0.3 is 4.74 Å². The van der Waals surface area contributed by atoms with Gasteiger partial charge >= 0.3 is 0 Å². The monoisotopic (exact) mass is 230 g/mol. The molecule has 1 aromatic heterocycles. The van der Waals surface area contributed by atoms with Crippen molar-refractivity contribution in [3.8, 4) is 6.07 Å². The lowest BCUT2D eigenvalue weighted by molar-refractivity contribution is -0.133. The molecule has 1 aliphatic heterocycles. The molecule has 1 aliphatic rings. The maximum Gasteiger partial charge on any atom is 0.183 e. The van der Waals surface area contributed by atoms with Crippen LogP contribution in [0.4, 0.5) is 0 Å². The van der Waals surface area contributed by atoms with Gasteiger partial charge in [-0.3, -0.25) is 9.78 Å². The molecule has 0 aliphatic carbocycles. The number of nitriles is 1. The van der Waals surface area contributed by atoms with Crippen LogP contribution in [0, 0.1) is 11.3 Å². The van der Waals surface area contributed by atoms with Crippen LogP contribution in [-0.2, 0) is 9.53 Å². The van der Waals surface area contributed by atoms with Crippen LogP contribution in [-0.4, -0.2) is 23.5 Å². The Morgan fingerprint density at radius 3 is 2.82 bits per heavy atom. The Balaban J connectivity index is 2.13. The van der Waals surface area contributed by atoms with Gasteiger partial charge in [-0.2, -0.15) is 5.26 Å². The van der Waals surface area contributed by atoms with Gasteiger partial charge in [0.15, 0.2) is 5.78 Å². The smallest absolute Gasteiger partial charge is 0.183 e. The molecule has 17 heavy (non-hydrogen) atoms. The summed E-state index contributed by atoms with van der Waals surface area (Å²) in [5.74, 6) is -0.862. The number of ketones is 1. The molecule has 0 N–H and O–H groups in total. The quantitative estimate of drug-likeness (QED) is 0.794. The first-order valence-corrected chi connectivity index (χ1v) is 5.78. The molecule has 4 nitrogen and oxygen atoms in total. The zero-order valence-electron chi connectivity index (χ0n) is 9.50. The van der Waals surface area contributed by atoms with Crippen molar-refractivity contribution < 1.29 is 9.53 Å². The van der Waals surface area contributed by atoms with Gasteiger partial charge in [-0.05, 0) is 37.0 Å². The summed E-state index contributed by atoms with van der Waals surface area (Å²) in [6.07, 6.45) is 5.48. The first kappa shape index (κ1) is 11.7. The number of rotatable bonds is 3. The molecule has 0 saturated carbocycles. The summed E-state index contributed by atoms with van der Waals surface area (Å²) in [7, 11) is 0. The molecule has 0 radical (unpaired) electrons. The maximum absolute atomic E-state index is 12.2. The fraction of sp³-hybridized carbons (Fsp3) is 0.462. The molecular formula is C13H14N2O2. The highest BCUT2D eigenvalue weighted by atomic mass is 16.5. The second-order valence-corrected chi connectivity index (χ2v) is 4.10. The highest BCUT2D eigenvalue weighted by Gasteiger charge is 2.30. The number of carbonyl (C=O) groups excluding carboxylic acids is 1. The number of hydrogen-bond donors (Lipinski definition) is 0. The number of nitrogens with zero attached hydrogens (tertiary/aromatic N) is 2. The van der Waals surface area contributed by atoms with E-state index in [2.05, 4.69) is 11.1 Å². The summed E-state index contributed by atoms with van der Waals surface area (Å²) in [6, 6.07) is 5.46. The Morgan fingerprint density at radius 1 is 1.47 bits per heavy atom. The fourth-order valence-corrected chi connectivity index (χ4v) is 2.01. The Labute approximate surface area is 100 Å². The van der Waals surface area contributed by atoms with Crippen LogP contribution < -0.4 is 0 Å². The Kier molecular flexibility index (Phi) is 3.84. The Hall–Kier alpha value is -1.73. The van der Waals surface area contributed by atoms with Crippen molar-refractivity contribution in [3.05, 3.63) is 30.1 Å². The largest absolute Gasteiger partial charge is 0.370 e. The molecule has 0 spiro atoms. The first-order valence-electron chi connectivity index (χ1n) is 5.78. The predicted octanol–water partition coefficient (Wildman–Crippen LogP) is 1.83. The van der Waals surface area contributed by atoms with E-state index in [0.29, 0.717) is 12.2 Å². The standard InChI is InChI=1S/C13H14N2O2/c14-9-11(10-4-6-15-7-5-10)13(16)12-3-1-2-8-17-12/h4-7,11-12H,1-3,8H2. The van der Waals surface area contributed by atoms with Crippen molar-refractivity contribution in [1.29, 1.82) is 5.26 Å². The van der Waals surface area contributed by atoms with E-state index in [1.165, 1.54) is 0 Å². The second-order valence-electron chi connectivity index (χ2n) is 4.10. The van der Waals surface area contributed by atoms with E-state index in [1.54, 1.807) is 24.5 Å². The molecule has 1 fully saturated rings. The van der Waals surface area contributed by atoms with Crippen LogP contribution in [0.15, 0.2) is 24.5 Å². The van der Waals surface area contributed by atoms with Crippen molar-refractivity contribution in [2.45, 2.75) is 31.3 Å². The van der Waals surface area contributed by atoms with E-state index in [9.17, 15) is 4.79 Å². The van der Waals surface area contributed by atoms with Crippen LogP contribution in [0.2, 0.25) is 0 Å². The predicted molar refractivity (Wildman–Crippen MR) is 61.2 cm³/mol. The zero-order chi connectivity index (χ0) is 12.1. The number of pyridine rings is 1. The molecule has 0 aromatic carbocycles. The van der Waals surface area contributed by atoms with E-state index in [4.69, 9.17) is 10.00 Å². The third-order valence-corrected chi connectivity index (χ3v) is 2.95. The van der Waals surface area contributed by atoms with Crippen molar-refractivity contribution >= 4 is 5.78 Å². The maximum atomic E-state index is 12.2. The minimum Gasteiger partial charge on any atom is -0.370 e. The van der Waals surface area contributed by atoms with Crippen LogP contribution in [0.1, 0.15) is 30.7 Å². The lowest BCUT2D eigenvalue weighted by Crippen LogP contribution is -2.32. The lowest BCUT2D eigenvalue weighted by Gasteiger charge is -2.23. The van der Waals surface area contributed by atoms with Crippen molar-refractivity contribution in [2.75, 3.05) is 6.61 Å². The summed E-state index contributed by atoms with van der Waals surface area (Å²) in [5.41, 5.74) is 0.696. The van der Waals surface area contributed by atoms with Crippen LogP contribution in [0.25, 0.3) is 0 Å². The molecule has 2 unspecified atom stereocenters. The average Bonchev–Trinajstić information content (AvgIpc) is 2.42. The number of carbonyl (C=O) groups is 1. The van der Waals surface area contributed by atoms with E-state index >= 15 is 0 Å². The van der Waals surface area contributed by atoms with Crippen molar-refractivity contribution in [3.63, 3.8) is 0 Å². The van der Waals surface area contributed by atoms with Gasteiger partial charge in [0.1, 0.15) is 12.0 Å². The SMILES string of the molecule is N#CC(C(=O)C1CCCCO1)c1ccncc1. The minimum atomic E-state index is -0.735. The first-order chi connectivity index (χ1) is 8.33. The highest BCUT2D eigenvalue weighted by molar-refractivity contribution is 5.92. The number of ether oxygens (including phenoxy) is 1. The van der Waals surface area contributed by atoms with Gasteiger partial charge in [-0.25, -0.2) is 0 Å². The summed E-state index contributed by atoms with van der Waals surface area (Å²) in [5, 5.41) is 9.13. The lowest BCUT2D eigenvalue weighted by atomic mass is 9.91. The number of Topliss-reactive ketones (excluding diaryl/α,β-unsaturated/α-hetero) is 1. The fourth-order valence-electron chi connectivity index (χ4n) is 2.01. The normalized spacial score (nSPS) is 21.5. The van der Waals surface area contributed by atoms with Gasteiger partial charge in [0.25, 0.3) is 0 Å². The topological polar surface area (TPSA) is 63.0 Å². The minimum absolute atomic E-state index is 0.126. The van der Waals surface area contributed by atoms with Crippen LogP contribution in [0.3, 0.4) is 0 Å². The Bertz CT molecular complexity index is 419. The highest BCUT2D eigenvalue weighted by Crippen LogP contribution is 2.22. The third kappa shape index (κ3) is 2.69. The molecule has 2 atom stereocenters. The number of hydrogen-bond acceptors (Lipinski definition) is 4. The molecule has 1 saturated heterocycles.